The Morgan fingerprint density at radius 2 is 1.74 bits per heavy atom. The van der Waals surface area contributed by atoms with Crippen molar-refractivity contribution in [2.24, 2.45) is 17.8 Å². The van der Waals surface area contributed by atoms with Gasteiger partial charge >= 0.3 is 12.1 Å². The predicted octanol–water partition coefficient (Wildman–Crippen LogP) is 5.88. The van der Waals surface area contributed by atoms with E-state index in [1.807, 2.05) is 45.0 Å². The van der Waals surface area contributed by atoms with Gasteiger partial charge in [0.05, 0.1) is 5.56 Å². The Labute approximate surface area is 178 Å². The minimum Gasteiger partial charge on any atom is -0.458 e. The van der Waals surface area contributed by atoms with E-state index in [9.17, 15) is 18.0 Å². The fourth-order valence-electron chi connectivity index (χ4n) is 4.80. The lowest BCUT2D eigenvalue weighted by Gasteiger charge is -2.37. The number of nitrogens with zero attached hydrogens (tertiary/aromatic N) is 2. The number of carbonyl (C=O) groups excluding carboxylic acids is 1. The average molecular weight is 433 g/mol. The van der Waals surface area contributed by atoms with E-state index < -0.39 is 29.4 Å². The van der Waals surface area contributed by atoms with E-state index in [1.165, 1.54) is 0 Å². The maximum Gasteiger partial charge on any atom is 0.418 e. The molecule has 1 N–H and O–H groups in total. The molecule has 1 aromatic carbocycles. The number of H-pyrrole nitrogens is 1. The Morgan fingerprint density at radius 3 is 2.32 bits per heavy atom. The molecule has 1 aliphatic rings. The zero-order valence-electron chi connectivity index (χ0n) is 18.0. The van der Waals surface area contributed by atoms with Gasteiger partial charge < -0.3 is 4.74 Å². The van der Waals surface area contributed by atoms with E-state index in [2.05, 4.69) is 17.0 Å². The Morgan fingerprint density at radius 1 is 1.13 bits per heavy atom. The summed E-state index contributed by atoms with van der Waals surface area (Å²) in [5.41, 5.74) is 0.0926. The summed E-state index contributed by atoms with van der Waals surface area (Å²) < 4.78 is 48.0. The van der Waals surface area contributed by atoms with E-state index >= 15 is 0 Å². The van der Waals surface area contributed by atoms with Crippen LogP contribution in [0.1, 0.15) is 55.1 Å². The van der Waals surface area contributed by atoms with Gasteiger partial charge in [0.2, 0.25) is 0 Å². The van der Waals surface area contributed by atoms with Crippen LogP contribution in [0.2, 0.25) is 0 Å². The molecule has 2 atom stereocenters. The number of aromatic nitrogens is 3. The Kier molecular flexibility index (Phi) is 5.35. The van der Waals surface area contributed by atoms with Gasteiger partial charge in [-0.1, -0.05) is 50.6 Å². The highest BCUT2D eigenvalue weighted by atomic mass is 19.4. The minimum absolute atomic E-state index is 0.0810. The standard InChI is InChI=1S/C23H26F3N3O2/c1-12-5-7-16(8-6-12)20-27-21-18(17(23(24,25)26)11-29(21)28-20)22(30)31-19-14(3)9-13(2)10-15(19)4/h5-8,11,13-15,19H,9-10H2,1-4H3,(H,27,28). The number of ether oxygens (including phenoxy) is 1. The third-order valence-corrected chi connectivity index (χ3v) is 6.17. The fourth-order valence-corrected chi connectivity index (χ4v) is 4.80. The maximum atomic E-state index is 13.7. The van der Waals surface area contributed by atoms with Crippen molar-refractivity contribution in [1.82, 2.24) is 14.6 Å². The molecule has 0 saturated heterocycles. The lowest BCUT2D eigenvalue weighted by Crippen LogP contribution is -2.37. The van der Waals surface area contributed by atoms with Crippen molar-refractivity contribution in [1.29, 1.82) is 0 Å². The molecule has 3 aromatic rings. The van der Waals surface area contributed by atoms with E-state index in [-0.39, 0.29) is 17.5 Å². The highest BCUT2D eigenvalue weighted by Gasteiger charge is 2.42. The number of nitrogens with one attached hydrogen (secondary N) is 1. The molecule has 2 aromatic heterocycles. The topological polar surface area (TPSA) is 59.4 Å². The molecule has 1 aliphatic carbocycles. The molecular weight excluding hydrogens is 407 g/mol. The number of hydrogen-bond acceptors (Lipinski definition) is 3. The molecule has 1 saturated carbocycles. The molecule has 5 nitrogen and oxygen atoms in total. The van der Waals surface area contributed by atoms with Gasteiger partial charge in [0, 0.05) is 11.8 Å². The van der Waals surface area contributed by atoms with Crippen molar-refractivity contribution in [3.8, 4) is 11.4 Å². The first-order chi connectivity index (χ1) is 14.5. The van der Waals surface area contributed by atoms with Crippen LogP contribution in [0.4, 0.5) is 13.2 Å². The van der Waals surface area contributed by atoms with Gasteiger partial charge in [0.1, 0.15) is 11.7 Å². The summed E-state index contributed by atoms with van der Waals surface area (Å²) in [6, 6.07) is 7.42. The molecule has 4 rings (SSSR count). The van der Waals surface area contributed by atoms with Crippen LogP contribution in [0.15, 0.2) is 30.5 Å². The SMILES string of the molecule is Cc1ccc(-c2nc3c(C(=O)OC4C(C)CC(C)CC4C)c(C(F)(F)F)cn3[nH]2)cc1. The van der Waals surface area contributed by atoms with Crippen LogP contribution in [-0.4, -0.2) is 26.7 Å². The lowest BCUT2D eigenvalue weighted by atomic mass is 9.75. The summed E-state index contributed by atoms with van der Waals surface area (Å²) in [6.45, 7) is 8.04. The summed E-state index contributed by atoms with van der Waals surface area (Å²) in [7, 11) is 0. The molecule has 0 aliphatic heterocycles. The van der Waals surface area contributed by atoms with Crippen LogP contribution in [0, 0.1) is 24.7 Å². The second kappa shape index (κ2) is 7.73. The van der Waals surface area contributed by atoms with Crippen LogP contribution in [0.3, 0.4) is 0 Å². The first kappa shape index (κ1) is 21.5. The number of esters is 1. The molecule has 8 heteroatoms. The molecule has 1 fully saturated rings. The number of alkyl halides is 3. The number of halogens is 3. The summed E-state index contributed by atoms with van der Waals surface area (Å²) in [4.78, 5) is 17.3. The normalized spacial score (nSPS) is 24.5. The van der Waals surface area contributed by atoms with Crippen molar-refractivity contribution in [2.45, 2.75) is 52.8 Å². The van der Waals surface area contributed by atoms with Crippen molar-refractivity contribution in [3.63, 3.8) is 0 Å². The van der Waals surface area contributed by atoms with Gasteiger partial charge in [-0.25, -0.2) is 14.3 Å². The molecule has 0 bridgehead atoms. The summed E-state index contributed by atoms with van der Waals surface area (Å²) in [6.07, 6.45) is -2.51. The highest BCUT2D eigenvalue weighted by Crippen LogP contribution is 2.38. The van der Waals surface area contributed by atoms with Gasteiger partial charge in [-0.2, -0.15) is 13.2 Å². The van der Waals surface area contributed by atoms with Crippen molar-refractivity contribution in [2.75, 3.05) is 0 Å². The third kappa shape index (κ3) is 4.07. The van der Waals surface area contributed by atoms with Crippen LogP contribution in [0.25, 0.3) is 17.0 Å². The van der Waals surface area contributed by atoms with Gasteiger partial charge in [-0.3, -0.25) is 5.10 Å². The molecule has 0 amide bonds. The van der Waals surface area contributed by atoms with Gasteiger partial charge in [0.15, 0.2) is 11.5 Å². The van der Waals surface area contributed by atoms with Crippen molar-refractivity contribution in [3.05, 3.63) is 47.2 Å². The van der Waals surface area contributed by atoms with E-state index in [0.717, 1.165) is 29.1 Å². The second-order valence-electron chi connectivity index (χ2n) is 8.95. The van der Waals surface area contributed by atoms with Crippen molar-refractivity contribution >= 4 is 11.6 Å². The summed E-state index contributed by atoms with van der Waals surface area (Å²) in [5.74, 6) is 0.0613. The maximum absolute atomic E-state index is 13.7. The zero-order chi connectivity index (χ0) is 22.5. The van der Waals surface area contributed by atoms with E-state index in [1.54, 1.807) is 0 Å². The molecule has 31 heavy (non-hydrogen) atoms. The van der Waals surface area contributed by atoms with Gasteiger partial charge in [0.25, 0.3) is 0 Å². The molecule has 2 unspecified atom stereocenters. The number of hydrogen-bond donors (Lipinski definition) is 1. The number of rotatable bonds is 3. The van der Waals surface area contributed by atoms with Crippen LogP contribution in [-0.2, 0) is 10.9 Å². The van der Waals surface area contributed by atoms with Gasteiger partial charge in [-0.15, -0.1) is 0 Å². The number of benzene rings is 1. The van der Waals surface area contributed by atoms with Gasteiger partial charge in [-0.05, 0) is 37.5 Å². The van der Waals surface area contributed by atoms with E-state index in [0.29, 0.717) is 17.3 Å². The lowest BCUT2D eigenvalue weighted by molar-refractivity contribution is -0.138. The minimum atomic E-state index is -4.70. The number of fused-ring (bicyclic) bond motifs is 1. The summed E-state index contributed by atoms with van der Waals surface area (Å²) in [5, 5.41) is 2.84. The highest BCUT2D eigenvalue weighted by molar-refractivity contribution is 5.98. The smallest absolute Gasteiger partial charge is 0.418 e. The number of aromatic amines is 1. The fraction of sp³-hybridized carbons (Fsp3) is 0.478. The predicted molar refractivity (Wildman–Crippen MR) is 111 cm³/mol. The second-order valence-corrected chi connectivity index (χ2v) is 8.95. The molecule has 0 spiro atoms. The molecular formula is C23H26F3N3O2. The Balaban J connectivity index is 1.73. The quantitative estimate of drug-likeness (QED) is 0.525. The Hall–Kier alpha value is -2.77. The Bertz CT molecular complexity index is 1090. The molecule has 166 valence electrons. The molecule has 2 heterocycles. The number of aryl methyl sites for hydroxylation is 1. The number of carbonyl (C=O) groups is 1. The van der Waals surface area contributed by atoms with Crippen LogP contribution in [0.5, 0.6) is 0 Å². The third-order valence-electron chi connectivity index (χ3n) is 6.17. The first-order valence-corrected chi connectivity index (χ1v) is 10.5. The largest absolute Gasteiger partial charge is 0.458 e. The van der Waals surface area contributed by atoms with E-state index in [4.69, 9.17) is 4.74 Å². The molecule has 0 radical (unpaired) electrons. The average Bonchev–Trinajstić information content (AvgIpc) is 3.22. The van der Waals surface area contributed by atoms with Crippen LogP contribution >= 0.6 is 0 Å². The van der Waals surface area contributed by atoms with Crippen LogP contribution < -0.4 is 0 Å². The zero-order valence-corrected chi connectivity index (χ0v) is 18.0. The van der Waals surface area contributed by atoms with Crippen molar-refractivity contribution < 1.29 is 22.7 Å². The first-order valence-electron chi connectivity index (χ1n) is 10.5. The summed E-state index contributed by atoms with van der Waals surface area (Å²) >= 11 is 0. The monoisotopic (exact) mass is 433 g/mol.